The molecule has 0 fully saturated rings. The van der Waals surface area contributed by atoms with Gasteiger partial charge in [0.1, 0.15) is 0 Å². The van der Waals surface area contributed by atoms with Crippen LogP contribution in [0.4, 0.5) is 34.1 Å². The first-order valence-electron chi connectivity index (χ1n) is 33.0. The number of fused-ring (bicyclic) bond motifs is 6. The summed E-state index contributed by atoms with van der Waals surface area (Å²) >= 11 is 0. The summed E-state index contributed by atoms with van der Waals surface area (Å²) in [5.41, 5.74) is 23.9. The minimum atomic E-state index is -0.142. The van der Waals surface area contributed by atoms with Crippen molar-refractivity contribution in [3.8, 4) is 44.5 Å². The lowest BCUT2D eigenvalue weighted by atomic mass is 9.69. The Kier molecular flexibility index (Phi) is 19.4. The molecule has 9 aromatic carbocycles. The maximum atomic E-state index is 2.80. The molecule has 0 spiro atoms. The van der Waals surface area contributed by atoms with Crippen LogP contribution in [0.15, 0.2) is 218 Å². The molecule has 0 bridgehead atoms. The molecule has 9 aromatic rings. The van der Waals surface area contributed by atoms with Gasteiger partial charge in [-0.2, -0.15) is 0 Å². The van der Waals surface area contributed by atoms with Gasteiger partial charge in [-0.05, 0) is 154 Å². The van der Waals surface area contributed by atoms with Gasteiger partial charge < -0.3 is 9.80 Å². The van der Waals surface area contributed by atoms with Crippen LogP contribution in [-0.4, -0.2) is 0 Å². The van der Waals surface area contributed by atoms with Crippen molar-refractivity contribution in [2.75, 3.05) is 9.80 Å². The normalized spacial score (nSPS) is 14.4. The number of hydrogen-bond donors (Lipinski definition) is 0. The van der Waals surface area contributed by atoms with E-state index in [9.17, 15) is 0 Å². The van der Waals surface area contributed by atoms with Crippen molar-refractivity contribution in [2.45, 2.75) is 180 Å². The average Bonchev–Trinajstić information content (AvgIpc) is 1.61. The van der Waals surface area contributed by atoms with E-state index in [2.05, 4.69) is 256 Å². The molecule has 11 rings (SSSR count). The van der Waals surface area contributed by atoms with Crippen molar-refractivity contribution in [1.29, 1.82) is 0 Å². The average molecular weight is 1110 g/mol. The first-order chi connectivity index (χ1) is 41.5. The third-order valence-electron chi connectivity index (χ3n) is 19.3. The summed E-state index contributed by atoms with van der Waals surface area (Å²) in [6.07, 6.45) is 27.7. The highest BCUT2D eigenvalue weighted by Gasteiger charge is 2.48. The van der Waals surface area contributed by atoms with Crippen LogP contribution in [0.2, 0.25) is 0 Å². The Balaban J connectivity index is 1.11. The molecule has 0 saturated heterocycles. The smallest absolute Gasteiger partial charge is 0.0540 e. The Hall–Kier alpha value is -7.42. The standard InChI is InChI=1S/C82H92N2/c1-5-9-12-15-18-37-56-81(8-4)75-59-67(83(65-44-29-23-30-45-65)79-50-35-33-48-69(79)63-40-25-21-26-41-63)52-54-71(75)73-62-78-74(61-77(73)81)72-55-53-68(60-76(72)82(78,57-38-19-16-13-10-6-2)58-39-20-17-14-11-7-3)84(66-46-31-24-32-47-66)80-51-36-34-49-70(80)64-42-27-22-28-43-64/h21-36,40-55,59-62H,5-20,37-39,56-58H2,1-4H3. The fourth-order valence-electron chi connectivity index (χ4n) is 14.9. The van der Waals surface area contributed by atoms with E-state index >= 15 is 0 Å². The van der Waals surface area contributed by atoms with Crippen molar-refractivity contribution in [1.82, 2.24) is 0 Å². The molecule has 0 heterocycles. The molecular formula is C82H92N2. The van der Waals surface area contributed by atoms with Gasteiger partial charge in [-0.25, -0.2) is 0 Å². The molecule has 1 unspecified atom stereocenters. The van der Waals surface area contributed by atoms with Crippen LogP contribution in [0, 0.1) is 0 Å². The van der Waals surface area contributed by atoms with Crippen molar-refractivity contribution >= 4 is 34.1 Å². The highest BCUT2D eigenvalue weighted by atomic mass is 15.2. The molecule has 0 N–H and O–H groups in total. The molecule has 0 amide bonds. The Morgan fingerprint density at radius 2 is 0.571 bits per heavy atom. The number of nitrogens with zero attached hydrogens (tertiary/aromatic N) is 2. The quantitative estimate of drug-likeness (QED) is 0.0414. The van der Waals surface area contributed by atoms with E-state index in [4.69, 9.17) is 0 Å². The van der Waals surface area contributed by atoms with Crippen molar-refractivity contribution in [2.24, 2.45) is 0 Å². The van der Waals surface area contributed by atoms with E-state index in [-0.39, 0.29) is 10.8 Å². The summed E-state index contributed by atoms with van der Waals surface area (Å²) < 4.78 is 0. The van der Waals surface area contributed by atoms with Crippen LogP contribution in [0.3, 0.4) is 0 Å². The summed E-state index contributed by atoms with van der Waals surface area (Å²) in [4.78, 5) is 5.09. The molecule has 0 radical (unpaired) electrons. The topological polar surface area (TPSA) is 6.48 Å². The minimum Gasteiger partial charge on any atom is -0.310 e. The number of para-hydroxylation sites is 4. The molecule has 2 heteroatoms. The Labute approximate surface area is 506 Å². The summed E-state index contributed by atoms with van der Waals surface area (Å²) in [6, 6.07) is 83.2. The lowest BCUT2D eigenvalue weighted by Gasteiger charge is -2.35. The lowest BCUT2D eigenvalue weighted by molar-refractivity contribution is 0.397. The third kappa shape index (κ3) is 12.1. The van der Waals surface area contributed by atoms with E-state index in [0.717, 1.165) is 25.7 Å². The minimum absolute atomic E-state index is 0.130. The van der Waals surface area contributed by atoms with E-state index < -0.39 is 0 Å². The number of hydrogen-bond acceptors (Lipinski definition) is 2. The van der Waals surface area contributed by atoms with Crippen LogP contribution >= 0.6 is 0 Å². The zero-order valence-corrected chi connectivity index (χ0v) is 51.2. The second-order valence-corrected chi connectivity index (χ2v) is 24.6. The van der Waals surface area contributed by atoms with Crippen LogP contribution in [0.5, 0.6) is 0 Å². The van der Waals surface area contributed by atoms with E-state index in [1.54, 1.807) is 16.7 Å². The zero-order chi connectivity index (χ0) is 57.6. The van der Waals surface area contributed by atoms with Gasteiger partial charge in [0.05, 0.1) is 11.4 Å². The zero-order valence-electron chi connectivity index (χ0n) is 51.2. The van der Waals surface area contributed by atoms with Gasteiger partial charge in [-0.3, -0.25) is 0 Å². The van der Waals surface area contributed by atoms with Gasteiger partial charge in [0.2, 0.25) is 0 Å². The summed E-state index contributed by atoms with van der Waals surface area (Å²) in [7, 11) is 0. The predicted molar refractivity (Wildman–Crippen MR) is 363 cm³/mol. The number of rotatable bonds is 30. The molecule has 1 atom stereocenters. The molecule has 2 aliphatic rings. The van der Waals surface area contributed by atoms with Crippen LogP contribution in [0.1, 0.15) is 191 Å². The van der Waals surface area contributed by atoms with Gasteiger partial charge in [-0.15, -0.1) is 0 Å². The first kappa shape index (κ1) is 58.4. The number of anilines is 6. The van der Waals surface area contributed by atoms with E-state index in [1.807, 2.05) is 0 Å². The predicted octanol–water partition coefficient (Wildman–Crippen LogP) is 25.2. The molecule has 84 heavy (non-hydrogen) atoms. The largest absolute Gasteiger partial charge is 0.310 e. The second-order valence-electron chi connectivity index (χ2n) is 24.6. The molecule has 430 valence electrons. The Bertz CT molecular complexity index is 3510. The summed E-state index contributed by atoms with van der Waals surface area (Å²) in [5.74, 6) is 0. The van der Waals surface area contributed by atoms with Gasteiger partial charge in [0.25, 0.3) is 0 Å². The maximum absolute atomic E-state index is 2.80. The monoisotopic (exact) mass is 1100 g/mol. The first-order valence-corrected chi connectivity index (χ1v) is 33.0. The van der Waals surface area contributed by atoms with Crippen LogP contribution < -0.4 is 9.80 Å². The van der Waals surface area contributed by atoms with Gasteiger partial charge >= 0.3 is 0 Å². The lowest BCUT2D eigenvalue weighted by Crippen LogP contribution is -2.27. The Morgan fingerprint density at radius 1 is 0.250 bits per heavy atom. The van der Waals surface area contributed by atoms with Crippen molar-refractivity contribution in [3.05, 3.63) is 241 Å². The highest BCUT2D eigenvalue weighted by Crippen LogP contribution is 2.62. The maximum Gasteiger partial charge on any atom is 0.0540 e. The van der Waals surface area contributed by atoms with Crippen LogP contribution in [-0.2, 0) is 10.8 Å². The van der Waals surface area contributed by atoms with Gasteiger partial charge in [0, 0.05) is 44.7 Å². The Morgan fingerprint density at radius 3 is 0.976 bits per heavy atom. The highest BCUT2D eigenvalue weighted by molar-refractivity contribution is 5.95. The molecule has 0 aromatic heterocycles. The van der Waals surface area contributed by atoms with Crippen LogP contribution in [0.25, 0.3) is 44.5 Å². The molecule has 0 aliphatic heterocycles. The number of benzene rings is 9. The van der Waals surface area contributed by atoms with E-state index in [0.29, 0.717) is 0 Å². The van der Waals surface area contributed by atoms with E-state index in [1.165, 1.54) is 200 Å². The SMILES string of the molecule is CCCCCCCCC1(CC)c2cc(N(c3ccccc3)c3ccccc3-c3ccccc3)ccc2-c2cc3c(cc21)-c1ccc(N(c2ccccc2)c2ccccc2-c2ccccc2)cc1C3(CCCCCCCC)CCCCCCCC. The molecular weight excluding hydrogens is 1010 g/mol. The molecule has 0 saturated carbocycles. The fourth-order valence-corrected chi connectivity index (χ4v) is 14.9. The summed E-state index contributed by atoms with van der Waals surface area (Å²) in [6.45, 7) is 9.53. The summed E-state index contributed by atoms with van der Waals surface area (Å²) in [5, 5.41) is 0. The van der Waals surface area contributed by atoms with Crippen molar-refractivity contribution in [3.63, 3.8) is 0 Å². The van der Waals surface area contributed by atoms with Crippen molar-refractivity contribution < 1.29 is 0 Å². The molecule has 2 nitrogen and oxygen atoms in total. The second kappa shape index (κ2) is 28.0. The van der Waals surface area contributed by atoms with Gasteiger partial charge in [-0.1, -0.05) is 289 Å². The fraction of sp³-hybridized carbons (Fsp3) is 0.341. The number of unbranched alkanes of at least 4 members (excludes halogenated alkanes) is 15. The van der Waals surface area contributed by atoms with Gasteiger partial charge in [0.15, 0.2) is 0 Å². The molecule has 2 aliphatic carbocycles. The third-order valence-corrected chi connectivity index (χ3v) is 19.3.